The second-order valence-corrected chi connectivity index (χ2v) is 10.4. The molecule has 0 radical (unpaired) electrons. The van der Waals surface area contributed by atoms with E-state index in [4.69, 9.17) is 9.47 Å². The molecule has 1 saturated heterocycles. The SMILES string of the molecule is CCOC(=O)c1cc(-c2ccc(N3CCN(C(=O)[C@@H]4C[C@H]4c4ccccc4)CC3)cc2)n(-c2ccccc2OC)n1. The summed E-state index contributed by atoms with van der Waals surface area (Å²) in [5.74, 6) is 0.958. The number of anilines is 1. The van der Waals surface area contributed by atoms with Crippen molar-refractivity contribution in [2.24, 2.45) is 5.92 Å². The van der Waals surface area contributed by atoms with Gasteiger partial charge in [-0.25, -0.2) is 9.48 Å². The Labute approximate surface area is 240 Å². The first-order valence-corrected chi connectivity index (χ1v) is 14.2. The molecule has 6 rings (SSSR count). The fourth-order valence-electron chi connectivity index (χ4n) is 5.68. The number of benzene rings is 3. The fraction of sp³-hybridized carbons (Fsp3) is 0.303. The summed E-state index contributed by atoms with van der Waals surface area (Å²) in [6, 6.07) is 27.9. The van der Waals surface area contributed by atoms with Crippen molar-refractivity contribution in [1.82, 2.24) is 14.7 Å². The molecule has 0 spiro atoms. The number of ether oxygens (including phenoxy) is 2. The van der Waals surface area contributed by atoms with Crippen LogP contribution in [0.4, 0.5) is 5.69 Å². The minimum atomic E-state index is -0.465. The maximum absolute atomic E-state index is 13.1. The predicted molar refractivity (Wildman–Crippen MR) is 158 cm³/mol. The highest BCUT2D eigenvalue weighted by Crippen LogP contribution is 2.48. The fourth-order valence-corrected chi connectivity index (χ4v) is 5.68. The van der Waals surface area contributed by atoms with Crippen LogP contribution in [0.2, 0.25) is 0 Å². The van der Waals surface area contributed by atoms with Crippen molar-refractivity contribution < 1.29 is 19.1 Å². The number of methoxy groups -OCH3 is 1. The van der Waals surface area contributed by atoms with E-state index in [-0.39, 0.29) is 24.1 Å². The topological polar surface area (TPSA) is 76.9 Å². The molecule has 0 bridgehead atoms. The van der Waals surface area contributed by atoms with E-state index < -0.39 is 5.97 Å². The van der Waals surface area contributed by atoms with Gasteiger partial charge in [0.25, 0.3) is 0 Å². The van der Waals surface area contributed by atoms with Gasteiger partial charge in [0.1, 0.15) is 11.4 Å². The van der Waals surface area contributed by atoms with E-state index in [1.165, 1.54) is 5.56 Å². The lowest BCUT2D eigenvalue weighted by Crippen LogP contribution is -2.49. The van der Waals surface area contributed by atoms with Crippen LogP contribution in [0.5, 0.6) is 5.75 Å². The van der Waals surface area contributed by atoms with Gasteiger partial charge in [-0.3, -0.25) is 4.79 Å². The zero-order valence-electron chi connectivity index (χ0n) is 23.4. The summed E-state index contributed by atoms with van der Waals surface area (Å²) in [4.78, 5) is 30.0. The Kier molecular flexibility index (Phi) is 7.46. The lowest BCUT2D eigenvalue weighted by atomic mass is 10.1. The molecule has 1 amide bonds. The van der Waals surface area contributed by atoms with Crippen molar-refractivity contribution in [2.45, 2.75) is 19.3 Å². The number of esters is 1. The molecular formula is C33H34N4O4. The van der Waals surface area contributed by atoms with Crippen molar-refractivity contribution in [3.8, 4) is 22.7 Å². The van der Waals surface area contributed by atoms with Gasteiger partial charge in [0, 0.05) is 43.3 Å². The van der Waals surface area contributed by atoms with Crippen LogP contribution in [0.1, 0.15) is 35.3 Å². The molecule has 0 unspecified atom stereocenters. The third kappa shape index (κ3) is 5.42. The Morgan fingerprint density at radius 3 is 2.32 bits per heavy atom. The maximum atomic E-state index is 13.1. The minimum absolute atomic E-state index is 0.121. The highest BCUT2D eigenvalue weighted by atomic mass is 16.5. The molecule has 4 aromatic rings. The molecule has 0 N–H and O–H groups in total. The van der Waals surface area contributed by atoms with Crippen molar-refractivity contribution in [1.29, 1.82) is 0 Å². The van der Waals surface area contributed by atoms with Crippen molar-refractivity contribution in [3.05, 3.63) is 96.2 Å². The highest BCUT2D eigenvalue weighted by Gasteiger charge is 2.46. The summed E-state index contributed by atoms with van der Waals surface area (Å²) in [5, 5.41) is 4.58. The largest absolute Gasteiger partial charge is 0.494 e. The lowest BCUT2D eigenvalue weighted by molar-refractivity contribution is -0.133. The zero-order valence-corrected chi connectivity index (χ0v) is 23.4. The molecule has 2 fully saturated rings. The van der Waals surface area contributed by atoms with Gasteiger partial charge in [-0.1, -0.05) is 54.6 Å². The first kappa shape index (κ1) is 26.6. The number of para-hydroxylation sites is 2. The van der Waals surface area contributed by atoms with Gasteiger partial charge in [-0.15, -0.1) is 0 Å². The van der Waals surface area contributed by atoms with Crippen LogP contribution in [0, 0.1) is 5.92 Å². The first-order valence-electron chi connectivity index (χ1n) is 14.2. The molecule has 2 aliphatic rings. The molecule has 1 saturated carbocycles. The van der Waals surface area contributed by atoms with Gasteiger partial charge < -0.3 is 19.3 Å². The van der Waals surface area contributed by atoms with E-state index in [0.29, 0.717) is 11.7 Å². The number of aromatic nitrogens is 2. The number of carbonyl (C=O) groups is 2. The smallest absolute Gasteiger partial charge is 0.358 e. The second kappa shape index (κ2) is 11.5. The Morgan fingerprint density at radius 2 is 1.61 bits per heavy atom. The average molecular weight is 551 g/mol. The summed E-state index contributed by atoms with van der Waals surface area (Å²) >= 11 is 0. The Morgan fingerprint density at radius 1 is 0.902 bits per heavy atom. The number of carbonyl (C=O) groups excluding carboxylic acids is 2. The standard InChI is InChI=1S/C33H34N4O4/c1-3-41-33(39)28-22-30(37(34-28)29-11-7-8-12-31(29)40-2)24-13-15-25(16-14-24)35-17-19-36(20-18-35)32(38)27-21-26(27)23-9-5-4-6-10-23/h4-16,22,26-27H,3,17-21H2,1-2H3/t26-,27+/m0/s1. The van der Waals surface area contributed by atoms with Crippen LogP contribution in [0.15, 0.2) is 84.9 Å². The van der Waals surface area contributed by atoms with E-state index >= 15 is 0 Å². The summed E-state index contributed by atoms with van der Waals surface area (Å²) in [6.07, 6.45) is 0.952. The van der Waals surface area contributed by atoms with Crippen molar-refractivity contribution in [3.63, 3.8) is 0 Å². The van der Waals surface area contributed by atoms with Gasteiger partial charge in [0.15, 0.2) is 5.69 Å². The number of amides is 1. The quantitative estimate of drug-likeness (QED) is 0.282. The number of hydrogen-bond acceptors (Lipinski definition) is 6. The van der Waals surface area contributed by atoms with Crippen LogP contribution in [-0.2, 0) is 9.53 Å². The van der Waals surface area contributed by atoms with Crippen LogP contribution in [-0.4, -0.2) is 66.5 Å². The number of rotatable bonds is 8. The molecule has 1 aliphatic carbocycles. The molecule has 2 atom stereocenters. The van der Waals surface area contributed by atoms with Crippen molar-refractivity contribution >= 4 is 17.6 Å². The zero-order chi connectivity index (χ0) is 28.3. The van der Waals surface area contributed by atoms with Crippen molar-refractivity contribution in [2.75, 3.05) is 44.8 Å². The predicted octanol–water partition coefficient (Wildman–Crippen LogP) is 5.18. The minimum Gasteiger partial charge on any atom is -0.494 e. The third-order valence-electron chi connectivity index (χ3n) is 7.96. The van der Waals surface area contributed by atoms with Gasteiger partial charge in [-0.05, 0) is 55.2 Å². The molecule has 8 heteroatoms. The van der Waals surface area contributed by atoms with Crippen LogP contribution in [0.25, 0.3) is 16.9 Å². The Hall–Kier alpha value is -4.59. The second-order valence-electron chi connectivity index (χ2n) is 10.4. The van der Waals surface area contributed by atoms with Gasteiger partial charge in [0.2, 0.25) is 5.91 Å². The maximum Gasteiger partial charge on any atom is 0.358 e. The average Bonchev–Trinajstić information content (AvgIpc) is 3.71. The number of hydrogen-bond donors (Lipinski definition) is 0. The van der Waals surface area contributed by atoms with Gasteiger partial charge >= 0.3 is 5.97 Å². The third-order valence-corrected chi connectivity index (χ3v) is 7.96. The molecule has 3 aromatic carbocycles. The molecule has 41 heavy (non-hydrogen) atoms. The summed E-state index contributed by atoms with van der Waals surface area (Å²) in [6.45, 7) is 5.08. The number of nitrogens with zero attached hydrogens (tertiary/aromatic N) is 4. The molecule has 1 aromatic heterocycles. The van der Waals surface area contributed by atoms with E-state index in [9.17, 15) is 9.59 Å². The molecule has 210 valence electrons. The monoisotopic (exact) mass is 550 g/mol. The van der Waals surface area contributed by atoms with Gasteiger partial charge in [-0.2, -0.15) is 5.10 Å². The molecule has 2 heterocycles. The van der Waals surface area contributed by atoms with E-state index in [1.807, 2.05) is 59.5 Å². The van der Waals surface area contributed by atoms with E-state index in [0.717, 1.165) is 55.2 Å². The first-order chi connectivity index (χ1) is 20.1. The summed E-state index contributed by atoms with van der Waals surface area (Å²) in [5.41, 5.74) is 5.02. The van der Waals surface area contributed by atoms with Crippen LogP contribution < -0.4 is 9.64 Å². The van der Waals surface area contributed by atoms with Gasteiger partial charge in [0.05, 0.1) is 19.4 Å². The molecule has 1 aliphatic heterocycles. The van der Waals surface area contributed by atoms with Crippen LogP contribution in [0.3, 0.4) is 0 Å². The number of piperazine rings is 1. The molecule has 8 nitrogen and oxygen atoms in total. The lowest BCUT2D eigenvalue weighted by Gasteiger charge is -2.36. The Bertz CT molecular complexity index is 1520. The highest BCUT2D eigenvalue weighted by molar-refractivity contribution is 5.89. The normalized spacial score (nSPS) is 18.2. The van der Waals surface area contributed by atoms with E-state index in [2.05, 4.69) is 34.3 Å². The van der Waals surface area contributed by atoms with Crippen LogP contribution >= 0.6 is 0 Å². The Balaban J connectivity index is 1.16. The molecular weight excluding hydrogens is 516 g/mol. The van der Waals surface area contributed by atoms with E-state index in [1.54, 1.807) is 24.8 Å². The summed E-state index contributed by atoms with van der Waals surface area (Å²) < 4.78 is 12.5. The summed E-state index contributed by atoms with van der Waals surface area (Å²) in [7, 11) is 1.61.